The van der Waals surface area contributed by atoms with Gasteiger partial charge in [0.05, 0.1) is 0 Å². The Kier molecular flexibility index (Phi) is 5.30. The number of amidine groups is 2. The van der Waals surface area contributed by atoms with E-state index in [1.807, 2.05) is 48.5 Å². The number of hydrogen-bond donors (Lipinski definition) is 2. The first-order valence-electron chi connectivity index (χ1n) is 9.36. The lowest BCUT2D eigenvalue weighted by Gasteiger charge is -1.98. The Bertz CT molecular complexity index is 1150. The molecular weight excluding hydrogens is 384 g/mol. The quantitative estimate of drug-likeness (QED) is 0.275. The van der Waals surface area contributed by atoms with Crippen molar-refractivity contribution in [1.29, 1.82) is 0 Å². The molecule has 2 heterocycles. The van der Waals surface area contributed by atoms with Crippen molar-refractivity contribution < 1.29 is 18.5 Å². The number of rotatable bonds is 7. The van der Waals surface area contributed by atoms with Gasteiger partial charge in [-0.1, -0.05) is 10.3 Å². The number of nitrogens with zero attached hydrogens (tertiary/aromatic N) is 2. The monoisotopic (exact) mass is 406 g/mol. The van der Waals surface area contributed by atoms with Gasteiger partial charge in [-0.05, 0) is 48.5 Å². The standard InChI is InChI=1S/C22H22N4O4/c1-27-25-21(23)13-3-7-19-15(9-13)11-17(29-19)5-6-18-12-16-10-14(22(24)26-28-2)4-8-20(16)30-18/h3-4,7-12H,5-6H2,1-2H3,(H2,23,25)(H2,24,26). The van der Waals surface area contributed by atoms with Gasteiger partial charge in [0.25, 0.3) is 0 Å². The fourth-order valence-electron chi connectivity index (χ4n) is 3.31. The van der Waals surface area contributed by atoms with E-state index in [0.717, 1.165) is 44.6 Å². The molecule has 0 spiro atoms. The molecule has 154 valence electrons. The lowest BCUT2D eigenvalue weighted by Crippen LogP contribution is -2.13. The van der Waals surface area contributed by atoms with Crippen molar-refractivity contribution in [1.82, 2.24) is 0 Å². The summed E-state index contributed by atoms with van der Waals surface area (Å²) in [5, 5.41) is 9.44. The van der Waals surface area contributed by atoms with Crippen LogP contribution < -0.4 is 11.5 Å². The molecule has 4 aromatic rings. The average molecular weight is 406 g/mol. The third-order valence-corrected chi connectivity index (χ3v) is 4.72. The van der Waals surface area contributed by atoms with Crippen molar-refractivity contribution >= 4 is 33.6 Å². The Hall–Kier alpha value is -3.94. The van der Waals surface area contributed by atoms with Crippen LogP contribution in [0.5, 0.6) is 0 Å². The topological polar surface area (TPSA) is 122 Å². The molecule has 0 atom stereocenters. The van der Waals surface area contributed by atoms with Crippen molar-refractivity contribution in [2.75, 3.05) is 14.2 Å². The van der Waals surface area contributed by atoms with Gasteiger partial charge in [-0.25, -0.2) is 0 Å². The summed E-state index contributed by atoms with van der Waals surface area (Å²) in [6.07, 6.45) is 1.40. The van der Waals surface area contributed by atoms with Gasteiger partial charge in [0.15, 0.2) is 11.7 Å². The van der Waals surface area contributed by atoms with Gasteiger partial charge in [-0.3, -0.25) is 0 Å². The van der Waals surface area contributed by atoms with Crippen molar-refractivity contribution in [3.05, 3.63) is 71.2 Å². The fourth-order valence-corrected chi connectivity index (χ4v) is 3.31. The second-order valence-corrected chi connectivity index (χ2v) is 6.75. The summed E-state index contributed by atoms with van der Waals surface area (Å²) in [6.45, 7) is 0. The first-order chi connectivity index (χ1) is 14.6. The first kappa shape index (κ1) is 19.4. The minimum absolute atomic E-state index is 0.319. The van der Waals surface area contributed by atoms with Gasteiger partial charge in [0.2, 0.25) is 0 Å². The highest BCUT2D eigenvalue weighted by Gasteiger charge is 2.10. The van der Waals surface area contributed by atoms with E-state index in [2.05, 4.69) is 10.3 Å². The Balaban J connectivity index is 1.51. The number of benzene rings is 2. The molecule has 30 heavy (non-hydrogen) atoms. The highest BCUT2D eigenvalue weighted by atomic mass is 16.6. The Morgan fingerprint density at radius 3 is 1.57 bits per heavy atom. The van der Waals surface area contributed by atoms with Gasteiger partial charge in [0.1, 0.15) is 36.9 Å². The van der Waals surface area contributed by atoms with E-state index in [4.69, 9.17) is 30.0 Å². The number of hydrogen-bond acceptors (Lipinski definition) is 6. The summed E-state index contributed by atoms with van der Waals surface area (Å²) < 4.78 is 11.9. The van der Waals surface area contributed by atoms with Crippen LogP contribution in [-0.4, -0.2) is 25.9 Å². The molecule has 8 nitrogen and oxygen atoms in total. The van der Waals surface area contributed by atoms with Gasteiger partial charge in [0, 0.05) is 34.7 Å². The maximum absolute atomic E-state index is 5.94. The molecule has 0 saturated carbocycles. The fraction of sp³-hybridized carbons (Fsp3) is 0.182. The summed E-state index contributed by atoms with van der Waals surface area (Å²) >= 11 is 0. The Labute approximate surface area is 172 Å². The van der Waals surface area contributed by atoms with E-state index in [9.17, 15) is 0 Å². The minimum atomic E-state index is 0.319. The van der Waals surface area contributed by atoms with Gasteiger partial charge >= 0.3 is 0 Å². The van der Waals surface area contributed by atoms with E-state index in [0.29, 0.717) is 24.5 Å². The van der Waals surface area contributed by atoms with E-state index in [1.54, 1.807) is 0 Å². The van der Waals surface area contributed by atoms with Gasteiger partial charge in [-0.15, -0.1) is 0 Å². The van der Waals surface area contributed by atoms with Crippen LogP contribution in [0.2, 0.25) is 0 Å². The third-order valence-electron chi connectivity index (χ3n) is 4.72. The largest absolute Gasteiger partial charge is 0.461 e. The molecule has 0 fully saturated rings. The van der Waals surface area contributed by atoms with Crippen molar-refractivity contribution in [2.45, 2.75) is 12.8 Å². The summed E-state index contributed by atoms with van der Waals surface area (Å²) in [5.74, 6) is 2.36. The number of fused-ring (bicyclic) bond motifs is 2. The van der Waals surface area contributed by atoms with Crippen molar-refractivity contribution in [3.8, 4) is 0 Å². The second-order valence-electron chi connectivity index (χ2n) is 6.75. The Morgan fingerprint density at radius 1 is 0.733 bits per heavy atom. The van der Waals surface area contributed by atoms with Crippen LogP contribution in [-0.2, 0) is 22.5 Å². The van der Waals surface area contributed by atoms with Crippen molar-refractivity contribution in [3.63, 3.8) is 0 Å². The van der Waals surface area contributed by atoms with Gasteiger partial charge < -0.3 is 30.0 Å². The van der Waals surface area contributed by atoms with Crippen LogP contribution in [0.1, 0.15) is 22.6 Å². The molecule has 2 aromatic carbocycles. The molecule has 0 unspecified atom stereocenters. The van der Waals surface area contributed by atoms with Crippen LogP contribution in [0, 0.1) is 0 Å². The molecule has 4 rings (SSSR count). The zero-order chi connectivity index (χ0) is 21.1. The number of nitrogens with two attached hydrogens (primary N) is 2. The molecule has 0 bridgehead atoms. The first-order valence-corrected chi connectivity index (χ1v) is 9.36. The highest BCUT2D eigenvalue weighted by molar-refractivity contribution is 6.00. The van der Waals surface area contributed by atoms with Gasteiger partial charge in [-0.2, -0.15) is 0 Å². The summed E-state index contributed by atoms with van der Waals surface area (Å²) in [4.78, 5) is 9.46. The van der Waals surface area contributed by atoms with E-state index in [1.165, 1.54) is 14.2 Å². The van der Waals surface area contributed by atoms with Crippen LogP contribution in [0.25, 0.3) is 21.9 Å². The van der Waals surface area contributed by atoms with Crippen LogP contribution in [0.4, 0.5) is 0 Å². The minimum Gasteiger partial charge on any atom is -0.461 e. The molecule has 0 aliphatic carbocycles. The van der Waals surface area contributed by atoms with E-state index < -0.39 is 0 Å². The normalized spacial score (nSPS) is 12.6. The average Bonchev–Trinajstić information content (AvgIpc) is 3.34. The van der Waals surface area contributed by atoms with E-state index in [-0.39, 0.29) is 0 Å². The third kappa shape index (κ3) is 3.93. The SMILES string of the molecule is CON=C(N)c1ccc2oc(CCc3cc4cc(C(N)=NOC)ccc4o3)cc2c1. The molecule has 0 radical (unpaired) electrons. The lowest BCUT2D eigenvalue weighted by atomic mass is 10.1. The molecular formula is C22H22N4O4. The van der Waals surface area contributed by atoms with Crippen LogP contribution in [0.15, 0.2) is 67.7 Å². The second kappa shape index (κ2) is 8.20. The zero-order valence-electron chi connectivity index (χ0n) is 16.7. The predicted octanol–water partition coefficient (Wildman–Crippen LogP) is 3.50. The van der Waals surface area contributed by atoms with E-state index >= 15 is 0 Å². The van der Waals surface area contributed by atoms with Crippen molar-refractivity contribution in [2.24, 2.45) is 21.8 Å². The molecule has 0 saturated heterocycles. The maximum Gasteiger partial charge on any atom is 0.170 e. The molecule has 8 heteroatoms. The summed E-state index contributed by atoms with van der Waals surface area (Å²) in [6, 6.07) is 15.3. The lowest BCUT2D eigenvalue weighted by molar-refractivity contribution is 0.213. The molecule has 0 amide bonds. The molecule has 4 N–H and O–H groups in total. The number of oxime groups is 2. The number of aryl methyl sites for hydroxylation is 2. The highest BCUT2D eigenvalue weighted by Crippen LogP contribution is 2.25. The maximum atomic E-state index is 5.94. The molecule has 0 aliphatic heterocycles. The molecule has 2 aromatic heterocycles. The smallest absolute Gasteiger partial charge is 0.170 e. The predicted molar refractivity (Wildman–Crippen MR) is 115 cm³/mol. The summed E-state index contributed by atoms with van der Waals surface area (Å²) in [5.41, 5.74) is 14.9. The zero-order valence-corrected chi connectivity index (χ0v) is 16.7. The number of furan rings is 2. The summed E-state index contributed by atoms with van der Waals surface area (Å²) in [7, 11) is 2.92. The van der Waals surface area contributed by atoms with Crippen LogP contribution in [0.3, 0.4) is 0 Å². The molecule has 0 aliphatic rings. The Morgan fingerprint density at radius 2 is 1.17 bits per heavy atom. The van der Waals surface area contributed by atoms with Crippen LogP contribution >= 0.6 is 0 Å².